The largest absolute Gasteiger partial charge is 0.318 e. The van der Waals surface area contributed by atoms with E-state index < -0.39 is 22.4 Å². The lowest BCUT2D eigenvalue weighted by Gasteiger charge is -2.11. The lowest BCUT2D eigenvalue weighted by atomic mass is 10.00. The number of fused-ring (bicyclic) bond motifs is 1. The Morgan fingerprint density at radius 3 is 2.58 bits per heavy atom. The highest BCUT2D eigenvalue weighted by atomic mass is 35.5. The molecule has 0 spiro atoms. The molecule has 3 aromatic rings. The molecule has 1 aliphatic rings. The molecule has 0 bridgehead atoms. The molecule has 0 fully saturated rings. The summed E-state index contributed by atoms with van der Waals surface area (Å²) >= 11 is 15.2. The van der Waals surface area contributed by atoms with Crippen molar-refractivity contribution in [1.82, 2.24) is 10.3 Å². The van der Waals surface area contributed by atoms with E-state index in [0.29, 0.717) is 9.77 Å². The summed E-state index contributed by atoms with van der Waals surface area (Å²) in [5, 5.41) is 15.9. The van der Waals surface area contributed by atoms with Gasteiger partial charge in [0, 0.05) is 28.9 Å². The summed E-state index contributed by atoms with van der Waals surface area (Å²) in [5.41, 5.74) is -0.218. The van der Waals surface area contributed by atoms with Crippen molar-refractivity contribution in [2.45, 2.75) is 9.10 Å². The average Bonchev–Trinajstić information content (AvgIpc) is 3.36. The van der Waals surface area contributed by atoms with E-state index in [1.165, 1.54) is 35.9 Å². The van der Waals surface area contributed by atoms with Gasteiger partial charge < -0.3 is 5.32 Å². The van der Waals surface area contributed by atoms with Gasteiger partial charge in [0.1, 0.15) is 9.09 Å². The van der Waals surface area contributed by atoms with Crippen molar-refractivity contribution in [3.05, 3.63) is 71.1 Å². The molecular formula is C18H7Cl2N3O5S3. The second-order valence-corrected chi connectivity index (χ2v) is 10.0. The van der Waals surface area contributed by atoms with Crippen LogP contribution in [0.25, 0.3) is 6.08 Å². The highest BCUT2D eigenvalue weighted by Crippen LogP contribution is 2.45. The second kappa shape index (κ2) is 8.52. The van der Waals surface area contributed by atoms with E-state index in [2.05, 4.69) is 10.3 Å². The van der Waals surface area contributed by atoms with Gasteiger partial charge in [-0.15, -0.1) is 22.7 Å². The third kappa shape index (κ3) is 4.14. The number of thiophene rings is 2. The Kier molecular flexibility index (Phi) is 5.95. The standard InChI is InChI=1S/C18H7Cl2N3O5S3/c19-8-5-21-6-9(20)16(8)31-18-11(23(27)28)4-13(30-18)17(26)22-10-3-12-7(1-2-29-12)14(24)15(10)25/h1-6H,(H,22,26). The van der Waals surface area contributed by atoms with Crippen LogP contribution in [0.5, 0.6) is 0 Å². The van der Waals surface area contributed by atoms with Crippen molar-refractivity contribution in [2.75, 3.05) is 0 Å². The number of nitro groups is 1. The molecule has 1 amide bonds. The summed E-state index contributed by atoms with van der Waals surface area (Å²) < 4.78 is 0.172. The van der Waals surface area contributed by atoms with Crippen LogP contribution in [0.1, 0.15) is 24.9 Å². The molecular weight excluding hydrogens is 505 g/mol. The Morgan fingerprint density at radius 2 is 1.90 bits per heavy atom. The van der Waals surface area contributed by atoms with Gasteiger partial charge in [0.25, 0.3) is 11.6 Å². The number of hydrogen-bond donors (Lipinski definition) is 1. The summed E-state index contributed by atoms with van der Waals surface area (Å²) in [5.74, 6) is -2.32. The number of hydrogen-bond acceptors (Lipinski definition) is 9. The van der Waals surface area contributed by atoms with Crippen LogP contribution in [0.15, 0.2) is 44.7 Å². The molecule has 0 unspecified atom stereocenters. The molecule has 1 aliphatic carbocycles. The fourth-order valence-corrected chi connectivity index (χ4v) is 6.19. The van der Waals surface area contributed by atoms with Crippen molar-refractivity contribution in [3.63, 3.8) is 0 Å². The first kappa shape index (κ1) is 21.7. The summed E-state index contributed by atoms with van der Waals surface area (Å²) in [6, 6.07) is 2.63. The molecule has 0 saturated heterocycles. The number of aromatic nitrogens is 1. The number of pyridine rings is 1. The normalized spacial score (nSPS) is 13.0. The molecule has 3 heterocycles. The molecule has 0 radical (unpaired) electrons. The van der Waals surface area contributed by atoms with Crippen LogP contribution in [-0.2, 0) is 4.79 Å². The van der Waals surface area contributed by atoms with Crippen LogP contribution in [0, 0.1) is 10.1 Å². The minimum atomic E-state index is -0.852. The van der Waals surface area contributed by atoms with E-state index in [1.54, 1.807) is 5.38 Å². The predicted molar refractivity (Wildman–Crippen MR) is 118 cm³/mol. The molecule has 8 nitrogen and oxygen atoms in total. The van der Waals surface area contributed by atoms with Crippen molar-refractivity contribution in [1.29, 1.82) is 0 Å². The lowest BCUT2D eigenvalue weighted by Crippen LogP contribution is -2.32. The van der Waals surface area contributed by atoms with Gasteiger partial charge >= 0.3 is 0 Å². The zero-order valence-corrected chi connectivity index (χ0v) is 18.8. The third-order valence-electron chi connectivity index (χ3n) is 4.02. The summed E-state index contributed by atoms with van der Waals surface area (Å²) in [4.78, 5) is 52.7. The van der Waals surface area contributed by atoms with Crippen molar-refractivity contribution in [3.8, 4) is 0 Å². The molecule has 0 atom stereocenters. The van der Waals surface area contributed by atoms with E-state index in [0.717, 1.165) is 29.2 Å². The van der Waals surface area contributed by atoms with E-state index in [1.807, 2.05) is 0 Å². The number of carbonyl (C=O) groups excluding carboxylic acids is 3. The quantitative estimate of drug-likeness (QED) is 0.287. The number of nitrogens with zero attached hydrogens (tertiary/aromatic N) is 2. The van der Waals surface area contributed by atoms with E-state index in [-0.39, 0.29) is 36.1 Å². The zero-order valence-electron chi connectivity index (χ0n) is 14.9. The van der Waals surface area contributed by atoms with Crippen LogP contribution in [-0.4, -0.2) is 27.4 Å². The predicted octanol–water partition coefficient (Wildman–Crippen LogP) is 5.11. The van der Waals surface area contributed by atoms with E-state index in [9.17, 15) is 24.5 Å². The van der Waals surface area contributed by atoms with Gasteiger partial charge in [-0.3, -0.25) is 29.5 Å². The first-order valence-electron chi connectivity index (χ1n) is 8.21. The van der Waals surface area contributed by atoms with Crippen molar-refractivity contribution < 1.29 is 19.3 Å². The smallest absolute Gasteiger partial charge is 0.294 e. The van der Waals surface area contributed by atoms with Crippen LogP contribution < -0.4 is 5.32 Å². The lowest BCUT2D eigenvalue weighted by molar-refractivity contribution is -0.387. The van der Waals surface area contributed by atoms with Crippen LogP contribution in [0.4, 0.5) is 5.69 Å². The number of ketones is 2. The maximum absolute atomic E-state index is 12.7. The number of carbonyl (C=O) groups is 3. The van der Waals surface area contributed by atoms with Gasteiger partial charge in [-0.25, -0.2) is 0 Å². The Bertz CT molecular complexity index is 1290. The number of amides is 1. The molecule has 156 valence electrons. The Balaban J connectivity index is 1.64. The zero-order chi connectivity index (χ0) is 22.3. The minimum Gasteiger partial charge on any atom is -0.318 e. The molecule has 31 heavy (non-hydrogen) atoms. The molecule has 0 saturated carbocycles. The third-order valence-corrected chi connectivity index (χ3v) is 8.14. The minimum absolute atomic E-state index is 0.0198. The summed E-state index contributed by atoms with van der Waals surface area (Å²) in [6.07, 6.45) is 4.11. The fraction of sp³-hybridized carbons (Fsp3) is 0. The summed E-state index contributed by atoms with van der Waals surface area (Å²) in [7, 11) is 0. The molecule has 0 aliphatic heterocycles. The fourth-order valence-electron chi connectivity index (χ4n) is 2.61. The molecule has 13 heteroatoms. The van der Waals surface area contributed by atoms with Crippen LogP contribution in [0.2, 0.25) is 10.0 Å². The number of allylic oxidation sites excluding steroid dienone is 1. The molecule has 0 aromatic carbocycles. The molecule has 1 N–H and O–H groups in total. The van der Waals surface area contributed by atoms with Gasteiger partial charge in [0.2, 0.25) is 11.6 Å². The number of halogens is 2. The van der Waals surface area contributed by atoms with Gasteiger partial charge in [0.05, 0.1) is 25.6 Å². The Labute approximate surface area is 196 Å². The topological polar surface area (TPSA) is 119 Å². The van der Waals surface area contributed by atoms with Crippen LogP contribution in [0.3, 0.4) is 0 Å². The SMILES string of the molecule is O=C1C(=O)c2ccsc2C=C1NC(=O)c1cc([N+](=O)[O-])c(Sc2c(Cl)cncc2Cl)s1. The van der Waals surface area contributed by atoms with Gasteiger partial charge in [0.15, 0.2) is 0 Å². The van der Waals surface area contributed by atoms with Gasteiger partial charge in [-0.1, -0.05) is 35.0 Å². The van der Waals surface area contributed by atoms with Gasteiger partial charge in [-0.2, -0.15) is 0 Å². The number of nitrogens with one attached hydrogen (secondary N) is 1. The highest BCUT2D eigenvalue weighted by molar-refractivity contribution is 8.01. The highest BCUT2D eigenvalue weighted by Gasteiger charge is 2.31. The summed E-state index contributed by atoms with van der Waals surface area (Å²) in [6.45, 7) is 0. The monoisotopic (exact) mass is 511 g/mol. The maximum Gasteiger partial charge on any atom is 0.294 e. The first-order valence-corrected chi connectivity index (χ1v) is 11.5. The molecule has 3 aromatic heterocycles. The van der Waals surface area contributed by atoms with Crippen molar-refractivity contribution >= 4 is 86.9 Å². The molecule has 4 rings (SSSR count). The Hall–Kier alpha value is -2.57. The maximum atomic E-state index is 12.7. The van der Waals surface area contributed by atoms with Gasteiger partial charge in [-0.05, 0) is 17.5 Å². The van der Waals surface area contributed by atoms with E-state index in [4.69, 9.17) is 23.2 Å². The Morgan fingerprint density at radius 1 is 1.19 bits per heavy atom. The number of Topliss-reactive ketones (excluding diaryl/α,β-unsaturated/α-hetero) is 2. The first-order chi connectivity index (χ1) is 14.8. The second-order valence-electron chi connectivity index (χ2n) is 5.94. The van der Waals surface area contributed by atoms with Crippen molar-refractivity contribution in [2.24, 2.45) is 0 Å². The van der Waals surface area contributed by atoms with E-state index >= 15 is 0 Å². The van der Waals surface area contributed by atoms with Crippen LogP contribution >= 0.6 is 57.6 Å². The number of rotatable bonds is 5. The average molecular weight is 512 g/mol.